The molecule has 8 heteroatoms. The summed E-state index contributed by atoms with van der Waals surface area (Å²) < 4.78 is 26.4. The van der Waals surface area contributed by atoms with Crippen molar-refractivity contribution in [2.24, 2.45) is 0 Å². The van der Waals surface area contributed by atoms with Gasteiger partial charge >= 0.3 is 6.03 Å². The number of aromatic amines is 1. The van der Waals surface area contributed by atoms with Gasteiger partial charge in [0.25, 0.3) is 0 Å². The summed E-state index contributed by atoms with van der Waals surface area (Å²) in [7, 11) is 0. The first-order chi connectivity index (χ1) is 12.6. The van der Waals surface area contributed by atoms with Gasteiger partial charge in [-0.2, -0.15) is 5.10 Å². The van der Waals surface area contributed by atoms with Crippen molar-refractivity contribution >= 4 is 11.8 Å². The Morgan fingerprint density at radius 1 is 1.04 bits per heavy atom. The lowest BCUT2D eigenvalue weighted by molar-refractivity contribution is 0.218. The second-order valence-electron chi connectivity index (χ2n) is 6.00. The van der Waals surface area contributed by atoms with E-state index in [0.29, 0.717) is 24.5 Å². The van der Waals surface area contributed by atoms with Crippen LogP contribution in [0.15, 0.2) is 48.9 Å². The number of aromatic nitrogens is 3. The lowest BCUT2D eigenvalue weighted by Gasteiger charge is -2.18. The lowest BCUT2D eigenvalue weighted by atomic mass is 10.2. The Kier molecular flexibility index (Phi) is 4.08. The van der Waals surface area contributed by atoms with Gasteiger partial charge in [-0.15, -0.1) is 0 Å². The Labute approximate surface area is 148 Å². The van der Waals surface area contributed by atoms with Gasteiger partial charge in [-0.3, -0.25) is 10.00 Å². The predicted octanol–water partition coefficient (Wildman–Crippen LogP) is 3.19. The molecule has 132 valence electrons. The number of nitrogens with zero attached hydrogens (tertiary/aromatic N) is 4. The summed E-state index contributed by atoms with van der Waals surface area (Å²) in [6.45, 7) is 1.20. The largest absolute Gasteiger partial charge is 0.326 e. The number of urea groups is 1. The first-order valence-electron chi connectivity index (χ1n) is 8.07. The van der Waals surface area contributed by atoms with E-state index in [1.54, 1.807) is 34.5 Å². The van der Waals surface area contributed by atoms with Crippen LogP contribution >= 0.6 is 0 Å². The number of benzene rings is 1. The van der Waals surface area contributed by atoms with Gasteiger partial charge in [-0.05, 0) is 29.8 Å². The van der Waals surface area contributed by atoms with Crippen LogP contribution in [-0.2, 0) is 6.54 Å². The Balaban J connectivity index is 1.47. The van der Waals surface area contributed by atoms with E-state index in [4.69, 9.17) is 0 Å². The van der Waals surface area contributed by atoms with Gasteiger partial charge in [0, 0.05) is 43.2 Å². The van der Waals surface area contributed by atoms with Gasteiger partial charge in [0.15, 0.2) is 11.6 Å². The molecule has 2 aromatic heterocycles. The van der Waals surface area contributed by atoms with Gasteiger partial charge in [-0.1, -0.05) is 6.07 Å². The third-order valence-electron chi connectivity index (χ3n) is 4.31. The van der Waals surface area contributed by atoms with Crippen molar-refractivity contribution in [3.05, 3.63) is 66.1 Å². The first kappa shape index (κ1) is 16.2. The number of carbonyl (C=O) groups excluding carboxylic acids is 1. The number of H-pyrrole nitrogens is 1. The van der Waals surface area contributed by atoms with Gasteiger partial charge < -0.3 is 4.90 Å². The molecule has 0 aliphatic carbocycles. The van der Waals surface area contributed by atoms with Crippen LogP contribution in [0.4, 0.5) is 19.4 Å². The quantitative estimate of drug-likeness (QED) is 0.782. The Bertz CT molecular complexity index is 927. The maximum Gasteiger partial charge on any atom is 0.326 e. The normalized spacial score (nSPS) is 14.3. The fourth-order valence-electron chi connectivity index (χ4n) is 2.93. The third-order valence-corrected chi connectivity index (χ3v) is 4.31. The number of halogens is 2. The van der Waals surface area contributed by atoms with E-state index in [2.05, 4.69) is 15.2 Å². The van der Waals surface area contributed by atoms with Crippen LogP contribution < -0.4 is 4.90 Å². The third kappa shape index (κ3) is 3.01. The van der Waals surface area contributed by atoms with Gasteiger partial charge in [-0.25, -0.2) is 18.6 Å². The van der Waals surface area contributed by atoms with Crippen molar-refractivity contribution in [2.75, 3.05) is 18.0 Å². The zero-order chi connectivity index (χ0) is 18.1. The molecule has 6 nitrogen and oxygen atoms in total. The molecule has 0 spiro atoms. The van der Waals surface area contributed by atoms with E-state index < -0.39 is 11.6 Å². The second kappa shape index (κ2) is 6.55. The summed E-state index contributed by atoms with van der Waals surface area (Å²) >= 11 is 0. The maximum atomic E-state index is 13.3. The smallest absolute Gasteiger partial charge is 0.318 e. The van der Waals surface area contributed by atoms with Crippen LogP contribution in [0.5, 0.6) is 0 Å². The highest BCUT2D eigenvalue weighted by Gasteiger charge is 2.30. The predicted molar refractivity (Wildman–Crippen MR) is 91.3 cm³/mol. The highest BCUT2D eigenvalue weighted by molar-refractivity contribution is 5.93. The van der Waals surface area contributed by atoms with E-state index in [0.717, 1.165) is 23.3 Å². The monoisotopic (exact) mass is 355 g/mol. The first-order valence-corrected chi connectivity index (χ1v) is 8.07. The number of pyridine rings is 1. The number of rotatable bonds is 4. The van der Waals surface area contributed by atoms with Crippen LogP contribution in [0.1, 0.15) is 5.56 Å². The highest BCUT2D eigenvalue weighted by Crippen LogP contribution is 2.23. The van der Waals surface area contributed by atoms with Crippen LogP contribution in [0.3, 0.4) is 0 Å². The average molecular weight is 355 g/mol. The molecule has 0 saturated carbocycles. The number of hydrogen-bond donors (Lipinski definition) is 1. The van der Waals surface area contributed by atoms with E-state index in [9.17, 15) is 13.6 Å². The summed E-state index contributed by atoms with van der Waals surface area (Å²) in [5.74, 6) is -1.26. The molecule has 1 aromatic carbocycles. The zero-order valence-corrected chi connectivity index (χ0v) is 13.7. The summed E-state index contributed by atoms with van der Waals surface area (Å²) in [5.41, 5.74) is 2.35. The van der Waals surface area contributed by atoms with Crippen molar-refractivity contribution in [2.45, 2.75) is 6.54 Å². The van der Waals surface area contributed by atoms with Gasteiger partial charge in [0.2, 0.25) is 0 Å². The van der Waals surface area contributed by atoms with Crippen molar-refractivity contribution < 1.29 is 13.6 Å². The minimum Gasteiger partial charge on any atom is -0.318 e. The zero-order valence-electron chi connectivity index (χ0n) is 13.7. The Hall–Kier alpha value is -3.29. The molecule has 0 bridgehead atoms. The standard InChI is InChI=1S/C18H15F2N5O/c19-15-3-1-12(7-16(15)20)11-24-5-6-25(18(24)26)17-4-2-13(8-21-17)14-9-22-23-10-14/h1-4,7-10H,5-6,11H2,(H,22,23). The second-order valence-corrected chi connectivity index (χ2v) is 6.00. The molecule has 1 aliphatic heterocycles. The van der Waals surface area contributed by atoms with Crippen molar-refractivity contribution in [1.29, 1.82) is 0 Å². The summed E-state index contributed by atoms with van der Waals surface area (Å²) in [5, 5.41) is 6.64. The lowest BCUT2D eigenvalue weighted by Crippen LogP contribution is -2.31. The fourth-order valence-corrected chi connectivity index (χ4v) is 2.93. The SMILES string of the molecule is O=C1N(Cc2ccc(F)c(F)c2)CCN1c1ccc(-c2cn[nH]c2)cn1. The van der Waals surface area contributed by atoms with Gasteiger partial charge in [0.05, 0.1) is 6.20 Å². The highest BCUT2D eigenvalue weighted by atomic mass is 19.2. The molecule has 1 saturated heterocycles. The molecule has 2 amide bonds. The number of nitrogens with one attached hydrogen (secondary N) is 1. The van der Waals surface area contributed by atoms with Crippen LogP contribution in [-0.4, -0.2) is 39.2 Å². The Morgan fingerprint density at radius 3 is 2.62 bits per heavy atom. The number of hydrogen-bond acceptors (Lipinski definition) is 3. The molecule has 0 radical (unpaired) electrons. The molecule has 1 fully saturated rings. The molecule has 4 rings (SSSR count). The van der Waals surface area contributed by atoms with Crippen molar-refractivity contribution in [1.82, 2.24) is 20.1 Å². The van der Waals surface area contributed by atoms with Gasteiger partial charge in [0.1, 0.15) is 5.82 Å². The molecule has 1 aliphatic rings. The molecule has 3 aromatic rings. The molecule has 0 unspecified atom stereocenters. The fraction of sp³-hybridized carbons (Fsp3) is 0.167. The Morgan fingerprint density at radius 2 is 1.92 bits per heavy atom. The van der Waals surface area contributed by atoms with E-state index in [-0.39, 0.29) is 12.6 Å². The summed E-state index contributed by atoms with van der Waals surface area (Å²) in [6, 6.07) is 7.10. The van der Waals surface area contributed by atoms with Crippen molar-refractivity contribution in [3.63, 3.8) is 0 Å². The van der Waals surface area contributed by atoms with E-state index >= 15 is 0 Å². The number of amides is 2. The maximum absolute atomic E-state index is 13.3. The average Bonchev–Trinajstić information content (AvgIpc) is 3.30. The minimum absolute atomic E-state index is 0.210. The topological polar surface area (TPSA) is 65.1 Å². The molecule has 0 atom stereocenters. The molecular formula is C18H15F2N5O. The molecule has 26 heavy (non-hydrogen) atoms. The minimum atomic E-state index is -0.914. The van der Waals surface area contributed by atoms with Crippen LogP contribution in [0.2, 0.25) is 0 Å². The molecular weight excluding hydrogens is 340 g/mol. The number of carbonyl (C=O) groups is 1. The molecule has 3 heterocycles. The van der Waals surface area contributed by atoms with Crippen molar-refractivity contribution in [3.8, 4) is 11.1 Å². The van der Waals surface area contributed by atoms with E-state index in [1.165, 1.54) is 6.07 Å². The number of anilines is 1. The van der Waals surface area contributed by atoms with E-state index in [1.807, 2.05) is 6.07 Å². The van der Waals surface area contributed by atoms with Crippen LogP contribution in [0, 0.1) is 11.6 Å². The molecule has 1 N–H and O–H groups in total. The summed E-state index contributed by atoms with van der Waals surface area (Å²) in [4.78, 5) is 20.1. The van der Waals surface area contributed by atoms with Crippen LogP contribution in [0.25, 0.3) is 11.1 Å². The summed E-state index contributed by atoms with van der Waals surface area (Å²) in [6.07, 6.45) is 5.15.